The van der Waals surface area contributed by atoms with Gasteiger partial charge in [0.2, 0.25) is 5.91 Å². The fourth-order valence-corrected chi connectivity index (χ4v) is 3.42. The van der Waals surface area contributed by atoms with Gasteiger partial charge < -0.3 is 4.90 Å². The largest absolute Gasteiger partial charge is 0.335 e. The molecule has 1 heterocycles. The van der Waals surface area contributed by atoms with E-state index in [-0.39, 0.29) is 5.91 Å². The topological polar surface area (TPSA) is 33.2 Å². The lowest BCUT2D eigenvalue weighted by atomic mass is 10.2. The summed E-state index contributed by atoms with van der Waals surface area (Å²) in [4.78, 5) is 19.0. The Balaban J connectivity index is 1.72. The predicted octanol–water partition coefficient (Wildman–Crippen LogP) is 4.75. The number of hydrogen-bond acceptors (Lipinski definition) is 3. The first-order valence-corrected chi connectivity index (χ1v) is 8.94. The van der Waals surface area contributed by atoms with Gasteiger partial charge >= 0.3 is 0 Å². The molecule has 1 aromatic heterocycles. The standard InChI is InChI=1S/C20H20N2OS/c1-2-14-22(15-16-8-4-3-5-9-16)20(23)13-12-19-21-17-10-6-7-11-18(17)24-19/h3-13H,2,14-15H2,1H3/b13-12+. The molecule has 2 aromatic carbocycles. The summed E-state index contributed by atoms with van der Waals surface area (Å²) in [6.45, 7) is 3.47. The Bertz CT molecular complexity index is 806. The van der Waals surface area contributed by atoms with Gasteiger partial charge in [-0.3, -0.25) is 4.79 Å². The van der Waals surface area contributed by atoms with Crippen LogP contribution in [0.1, 0.15) is 23.9 Å². The van der Waals surface area contributed by atoms with Crippen molar-refractivity contribution >= 4 is 33.5 Å². The van der Waals surface area contributed by atoms with Crippen LogP contribution in [0.5, 0.6) is 0 Å². The van der Waals surface area contributed by atoms with E-state index in [0.717, 1.165) is 33.8 Å². The third-order valence-corrected chi connectivity index (χ3v) is 4.70. The van der Waals surface area contributed by atoms with Crippen LogP contribution in [0.25, 0.3) is 16.3 Å². The van der Waals surface area contributed by atoms with Gasteiger partial charge in [0, 0.05) is 19.2 Å². The highest BCUT2D eigenvalue weighted by Crippen LogP contribution is 2.22. The fraction of sp³-hybridized carbons (Fsp3) is 0.200. The molecule has 0 fully saturated rings. The van der Waals surface area contributed by atoms with Crippen LogP contribution in [-0.4, -0.2) is 22.3 Å². The number of rotatable bonds is 6. The van der Waals surface area contributed by atoms with E-state index in [0.29, 0.717) is 6.54 Å². The molecule has 3 rings (SSSR count). The third kappa shape index (κ3) is 4.09. The number of thiazole rings is 1. The van der Waals surface area contributed by atoms with Crippen molar-refractivity contribution in [3.8, 4) is 0 Å². The minimum Gasteiger partial charge on any atom is -0.335 e. The molecule has 3 aromatic rings. The van der Waals surface area contributed by atoms with Crippen LogP contribution in [0.2, 0.25) is 0 Å². The number of nitrogens with zero attached hydrogens (tertiary/aromatic N) is 2. The molecule has 0 saturated heterocycles. The van der Waals surface area contributed by atoms with Gasteiger partial charge in [-0.2, -0.15) is 0 Å². The van der Waals surface area contributed by atoms with Gasteiger partial charge in [-0.1, -0.05) is 49.4 Å². The van der Waals surface area contributed by atoms with Crippen LogP contribution in [-0.2, 0) is 11.3 Å². The van der Waals surface area contributed by atoms with Crippen molar-refractivity contribution in [1.82, 2.24) is 9.88 Å². The number of para-hydroxylation sites is 1. The second kappa shape index (κ2) is 7.88. The molecule has 0 N–H and O–H groups in total. The zero-order valence-corrected chi connectivity index (χ0v) is 14.5. The van der Waals surface area contributed by atoms with Crippen LogP contribution in [0.3, 0.4) is 0 Å². The Morgan fingerprint density at radius 3 is 2.62 bits per heavy atom. The molecule has 0 bridgehead atoms. The van der Waals surface area contributed by atoms with E-state index in [4.69, 9.17) is 0 Å². The molecular formula is C20H20N2OS. The molecule has 122 valence electrons. The highest BCUT2D eigenvalue weighted by molar-refractivity contribution is 7.19. The van der Waals surface area contributed by atoms with Gasteiger partial charge in [0.1, 0.15) is 5.01 Å². The van der Waals surface area contributed by atoms with Crippen LogP contribution in [0.4, 0.5) is 0 Å². The number of hydrogen-bond donors (Lipinski definition) is 0. The van der Waals surface area contributed by atoms with Gasteiger partial charge in [-0.05, 0) is 30.2 Å². The number of benzene rings is 2. The second-order valence-corrected chi connectivity index (χ2v) is 6.66. The SMILES string of the molecule is CCCN(Cc1ccccc1)C(=O)/C=C/c1nc2ccccc2s1. The number of carbonyl (C=O) groups is 1. The lowest BCUT2D eigenvalue weighted by molar-refractivity contribution is -0.126. The average Bonchev–Trinajstić information content (AvgIpc) is 3.03. The molecule has 24 heavy (non-hydrogen) atoms. The molecule has 0 unspecified atom stereocenters. The smallest absolute Gasteiger partial charge is 0.246 e. The molecule has 3 nitrogen and oxygen atoms in total. The van der Waals surface area contributed by atoms with Crippen molar-refractivity contribution in [2.45, 2.75) is 19.9 Å². The lowest BCUT2D eigenvalue weighted by Crippen LogP contribution is -2.29. The molecule has 1 amide bonds. The Labute approximate surface area is 146 Å². The van der Waals surface area contributed by atoms with Crippen LogP contribution in [0.15, 0.2) is 60.7 Å². The molecule has 0 aliphatic rings. The Kier molecular flexibility index (Phi) is 5.39. The number of fused-ring (bicyclic) bond motifs is 1. The van der Waals surface area contributed by atoms with Crippen molar-refractivity contribution in [1.29, 1.82) is 0 Å². The monoisotopic (exact) mass is 336 g/mol. The summed E-state index contributed by atoms with van der Waals surface area (Å²) in [5.74, 6) is 0.0277. The zero-order valence-electron chi connectivity index (χ0n) is 13.7. The molecule has 0 aliphatic carbocycles. The van der Waals surface area contributed by atoms with Crippen molar-refractivity contribution in [3.05, 3.63) is 71.2 Å². The summed E-state index contributed by atoms with van der Waals surface area (Å²) in [7, 11) is 0. The van der Waals surface area contributed by atoms with Crippen molar-refractivity contribution in [3.63, 3.8) is 0 Å². The first-order chi connectivity index (χ1) is 11.8. The minimum absolute atomic E-state index is 0.0277. The molecular weight excluding hydrogens is 316 g/mol. The van der Waals surface area contributed by atoms with E-state index >= 15 is 0 Å². The maximum Gasteiger partial charge on any atom is 0.246 e. The average molecular weight is 336 g/mol. The maximum absolute atomic E-state index is 12.5. The Morgan fingerprint density at radius 2 is 1.88 bits per heavy atom. The van der Waals surface area contributed by atoms with Crippen molar-refractivity contribution in [2.24, 2.45) is 0 Å². The van der Waals surface area contributed by atoms with Gasteiger partial charge in [0.25, 0.3) is 0 Å². The number of amides is 1. The van der Waals surface area contributed by atoms with Gasteiger partial charge in [-0.15, -0.1) is 11.3 Å². The van der Waals surface area contributed by atoms with E-state index in [1.54, 1.807) is 17.4 Å². The second-order valence-electron chi connectivity index (χ2n) is 5.60. The highest BCUT2D eigenvalue weighted by Gasteiger charge is 2.10. The first-order valence-electron chi connectivity index (χ1n) is 8.13. The molecule has 4 heteroatoms. The molecule has 0 saturated carbocycles. The van der Waals surface area contributed by atoms with Crippen molar-refractivity contribution in [2.75, 3.05) is 6.54 Å². The zero-order chi connectivity index (χ0) is 16.8. The van der Waals surface area contributed by atoms with E-state index in [9.17, 15) is 4.79 Å². The molecule has 0 atom stereocenters. The maximum atomic E-state index is 12.5. The van der Waals surface area contributed by atoms with Gasteiger partial charge in [0.15, 0.2) is 0 Å². The van der Waals surface area contributed by atoms with Crippen LogP contribution >= 0.6 is 11.3 Å². The fourth-order valence-electron chi connectivity index (χ4n) is 2.55. The highest BCUT2D eigenvalue weighted by atomic mass is 32.1. The summed E-state index contributed by atoms with van der Waals surface area (Å²) < 4.78 is 1.14. The predicted molar refractivity (Wildman–Crippen MR) is 101 cm³/mol. The quantitative estimate of drug-likeness (QED) is 0.609. The van der Waals surface area contributed by atoms with Crippen LogP contribution < -0.4 is 0 Å². The Morgan fingerprint density at radius 1 is 1.12 bits per heavy atom. The van der Waals surface area contributed by atoms with E-state index in [2.05, 4.69) is 11.9 Å². The molecule has 0 radical (unpaired) electrons. The lowest BCUT2D eigenvalue weighted by Gasteiger charge is -2.20. The first kappa shape index (κ1) is 16.4. The summed E-state index contributed by atoms with van der Waals surface area (Å²) in [5.41, 5.74) is 2.12. The normalized spacial score (nSPS) is 11.2. The van der Waals surface area contributed by atoms with Gasteiger partial charge in [0.05, 0.1) is 10.2 Å². The number of aromatic nitrogens is 1. The summed E-state index contributed by atoms with van der Waals surface area (Å²) in [6.07, 6.45) is 4.39. The van der Waals surface area contributed by atoms with E-state index in [1.807, 2.05) is 65.6 Å². The summed E-state index contributed by atoms with van der Waals surface area (Å²) in [6, 6.07) is 18.1. The van der Waals surface area contributed by atoms with Crippen molar-refractivity contribution < 1.29 is 4.79 Å². The minimum atomic E-state index is 0.0277. The third-order valence-electron chi connectivity index (χ3n) is 3.70. The molecule has 0 spiro atoms. The van der Waals surface area contributed by atoms with E-state index < -0.39 is 0 Å². The number of carbonyl (C=O) groups excluding carboxylic acids is 1. The summed E-state index contributed by atoms with van der Waals surface area (Å²) >= 11 is 1.60. The Hall–Kier alpha value is -2.46. The summed E-state index contributed by atoms with van der Waals surface area (Å²) in [5, 5.41) is 0.862. The van der Waals surface area contributed by atoms with Crippen LogP contribution in [0, 0.1) is 0 Å². The molecule has 0 aliphatic heterocycles. The van der Waals surface area contributed by atoms with Gasteiger partial charge in [-0.25, -0.2) is 4.98 Å². The van der Waals surface area contributed by atoms with E-state index in [1.165, 1.54) is 0 Å².